The molecule has 0 saturated carbocycles. The first-order valence-electron chi connectivity index (χ1n) is 5.12. The highest BCUT2D eigenvalue weighted by atomic mass is 16.5. The van der Waals surface area contributed by atoms with E-state index in [1.165, 1.54) is 0 Å². The van der Waals surface area contributed by atoms with Gasteiger partial charge in [-0.2, -0.15) is 0 Å². The lowest BCUT2D eigenvalue weighted by molar-refractivity contribution is 0.322. The smallest absolute Gasteiger partial charge is 0.124 e. The zero-order chi connectivity index (χ0) is 11.1. The van der Waals surface area contributed by atoms with Crippen LogP contribution in [0.25, 0.3) is 0 Å². The van der Waals surface area contributed by atoms with E-state index in [4.69, 9.17) is 10.5 Å². The van der Waals surface area contributed by atoms with E-state index in [1.54, 1.807) is 0 Å². The van der Waals surface area contributed by atoms with E-state index in [1.807, 2.05) is 38.1 Å². The molecule has 0 aromatic heterocycles. The van der Waals surface area contributed by atoms with Gasteiger partial charge in [0.2, 0.25) is 0 Å². The Kier molecular flexibility index (Phi) is 4.73. The fraction of sp³-hybridized carbons (Fsp3) is 0.385. The van der Waals surface area contributed by atoms with Crippen molar-refractivity contribution in [3.8, 4) is 17.6 Å². The van der Waals surface area contributed by atoms with Gasteiger partial charge in [0.05, 0.1) is 6.61 Å². The van der Waals surface area contributed by atoms with Gasteiger partial charge < -0.3 is 10.5 Å². The number of rotatable bonds is 4. The highest BCUT2D eigenvalue weighted by Crippen LogP contribution is 2.23. The summed E-state index contributed by atoms with van der Waals surface area (Å²) in [5, 5.41) is 0. The Bertz CT molecular complexity index is 360. The monoisotopic (exact) mass is 203 g/mol. The summed E-state index contributed by atoms with van der Waals surface area (Å²) in [7, 11) is 0. The average molecular weight is 203 g/mol. The molecule has 80 valence electrons. The summed E-state index contributed by atoms with van der Waals surface area (Å²) in [5.41, 5.74) is 6.88. The van der Waals surface area contributed by atoms with Crippen LogP contribution in [0.3, 0.4) is 0 Å². The molecule has 0 aliphatic rings. The lowest BCUT2D eigenvalue weighted by atomic mass is 10.1. The van der Waals surface area contributed by atoms with Gasteiger partial charge in [-0.1, -0.05) is 18.2 Å². The summed E-state index contributed by atoms with van der Waals surface area (Å²) in [5.74, 6) is 6.66. The molecular weight excluding hydrogens is 186 g/mol. The predicted octanol–water partition coefficient (Wildman–Crippen LogP) is 2.50. The van der Waals surface area contributed by atoms with Gasteiger partial charge in [0.15, 0.2) is 0 Å². The Hall–Kier alpha value is -1.46. The standard InChI is InChI=1S/C13H17NO/c1-3-4-7-10-15-13-9-6-5-8-12(13)11(2)14/h5-6,8-9,11H,7,10,14H2,1-2H3/t11-/m0/s1. The van der Waals surface area contributed by atoms with Gasteiger partial charge >= 0.3 is 0 Å². The molecule has 0 spiro atoms. The Balaban J connectivity index is 2.62. The van der Waals surface area contributed by atoms with Gasteiger partial charge in [-0.05, 0) is 19.9 Å². The molecule has 2 heteroatoms. The molecule has 0 bridgehead atoms. The van der Waals surface area contributed by atoms with Crippen molar-refractivity contribution in [1.29, 1.82) is 0 Å². The Morgan fingerprint density at radius 3 is 2.80 bits per heavy atom. The van der Waals surface area contributed by atoms with Crippen molar-refractivity contribution < 1.29 is 4.74 Å². The summed E-state index contributed by atoms with van der Waals surface area (Å²) in [6.07, 6.45) is 0.754. The third-order valence-electron chi connectivity index (χ3n) is 2.07. The highest BCUT2D eigenvalue weighted by molar-refractivity contribution is 5.35. The minimum absolute atomic E-state index is 0.00143. The van der Waals surface area contributed by atoms with E-state index >= 15 is 0 Å². The second kappa shape index (κ2) is 6.10. The molecule has 1 aromatic carbocycles. The molecular formula is C13H17NO. The second-order valence-electron chi connectivity index (χ2n) is 3.35. The van der Waals surface area contributed by atoms with Gasteiger partial charge in [0.1, 0.15) is 5.75 Å². The summed E-state index contributed by atoms with van der Waals surface area (Å²) >= 11 is 0. The molecule has 15 heavy (non-hydrogen) atoms. The van der Waals surface area contributed by atoms with E-state index in [2.05, 4.69) is 11.8 Å². The van der Waals surface area contributed by atoms with Crippen LogP contribution in [0, 0.1) is 11.8 Å². The molecule has 2 N–H and O–H groups in total. The van der Waals surface area contributed by atoms with Crippen LogP contribution in [-0.2, 0) is 0 Å². The molecule has 0 amide bonds. The Labute approximate surface area is 91.4 Å². The molecule has 0 radical (unpaired) electrons. The summed E-state index contributed by atoms with van der Waals surface area (Å²) in [4.78, 5) is 0. The number of ether oxygens (including phenoxy) is 1. The molecule has 1 atom stereocenters. The zero-order valence-electron chi connectivity index (χ0n) is 9.29. The third kappa shape index (κ3) is 3.65. The average Bonchev–Trinajstić information content (AvgIpc) is 2.25. The van der Waals surface area contributed by atoms with Crippen molar-refractivity contribution >= 4 is 0 Å². The second-order valence-corrected chi connectivity index (χ2v) is 3.35. The van der Waals surface area contributed by atoms with Gasteiger partial charge in [-0.25, -0.2) is 0 Å². The molecule has 1 rings (SSSR count). The van der Waals surface area contributed by atoms with Gasteiger partial charge in [-0.3, -0.25) is 0 Å². The number of hydrogen-bond acceptors (Lipinski definition) is 2. The maximum absolute atomic E-state index is 5.84. The largest absolute Gasteiger partial charge is 0.492 e. The van der Waals surface area contributed by atoms with Gasteiger partial charge in [0.25, 0.3) is 0 Å². The van der Waals surface area contributed by atoms with E-state index in [-0.39, 0.29) is 6.04 Å². The van der Waals surface area contributed by atoms with Crippen LogP contribution in [0.5, 0.6) is 5.75 Å². The topological polar surface area (TPSA) is 35.2 Å². The van der Waals surface area contributed by atoms with Crippen molar-refractivity contribution in [2.75, 3.05) is 6.61 Å². The van der Waals surface area contributed by atoms with E-state index in [0.717, 1.165) is 17.7 Å². The van der Waals surface area contributed by atoms with E-state index in [0.29, 0.717) is 6.61 Å². The lowest BCUT2D eigenvalue weighted by Crippen LogP contribution is -2.08. The molecule has 1 aromatic rings. The maximum Gasteiger partial charge on any atom is 0.124 e. The molecule has 0 unspecified atom stereocenters. The number of para-hydroxylation sites is 1. The lowest BCUT2D eigenvalue weighted by Gasteiger charge is -2.12. The first kappa shape index (κ1) is 11.6. The first-order valence-corrected chi connectivity index (χ1v) is 5.12. The minimum Gasteiger partial charge on any atom is -0.492 e. The minimum atomic E-state index is -0.00143. The van der Waals surface area contributed by atoms with Crippen LogP contribution < -0.4 is 10.5 Å². The van der Waals surface area contributed by atoms with Crippen LogP contribution >= 0.6 is 0 Å². The number of nitrogens with two attached hydrogens (primary N) is 1. The summed E-state index contributed by atoms with van der Waals surface area (Å²) in [6, 6.07) is 7.85. The van der Waals surface area contributed by atoms with Crippen molar-refractivity contribution in [3.05, 3.63) is 29.8 Å². The fourth-order valence-corrected chi connectivity index (χ4v) is 1.33. The quantitative estimate of drug-likeness (QED) is 0.602. The molecule has 0 heterocycles. The molecule has 0 fully saturated rings. The first-order chi connectivity index (χ1) is 7.25. The van der Waals surface area contributed by atoms with Crippen molar-refractivity contribution in [2.45, 2.75) is 26.3 Å². The molecule has 0 aliphatic carbocycles. The Morgan fingerprint density at radius 2 is 2.13 bits per heavy atom. The number of benzene rings is 1. The fourth-order valence-electron chi connectivity index (χ4n) is 1.33. The van der Waals surface area contributed by atoms with Gasteiger partial charge in [-0.15, -0.1) is 11.8 Å². The Morgan fingerprint density at radius 1 is 1.40 bits per heavy atom. The summed E-state index contributed by atoms with van der Waals surface area (Å²) < 4.78 is 5.62. The summed E-state index contributed by atoms with van der Waals surface area (Å²) in [6.45, 7) is 4.40. The maximum atomic E-state index is 5.84. The van der Waals surface area contributed by atoms with E-state index in [9.17, 15) is 0 Å². The molecule has 0 aliphatic heterocycles. The predicted molar refractivity (Wildman–Crippen MR) is 62.6 cm³/mol. The van der Waals surface area contributed by atoms with Gasteiger partial charge in [0, 0.05) is 18.0 Å². The van der Waals surface area contributed by atoms with Crippen molar-refractivity contribution in [1.82, 2.24) is 0 Å². The zero-order valence-corrected chi connectivity index (χ0v) is 9.29. The SMILES string of the molecule is CC#CCCOc1ccccc1[C@H](C)N. The van der Waals surface area contributed by atoms with Crippen LogP contribution in [0.2, 0.25) is 0 Å². The third-order valence-corrected chi connectivity index (χ3v) is 2.07. The van der Waals surface area contributed by atoms with Crippen molar-refractivity contribution in [2.24, 2.45) is 5.73 Å². The molecule has 2 nitrogen and oxygen atoms in total. The van der Waals surface area contributed by atoms with Crippen LogP contribution in [0.4, 0.5) is 0 Å². The van der Waals surface area contributed by atoms with Crippen molar-refractivity contribution in [3.63, 3.8) is 0 Å². The van der Waals surface area contributed by atoms with Crippen LogP contribution in [-0.4, -0.2) is 6.61 Å². The molecule has 0 saturated heterocycles. The highest BCUT2D eigenvalue weighted by Gasteiger charge is 2.05. The number of hydrogen-bond donors (Lipinski definition) is 1. The van der Waals surface area contributed by atoms with Crippen LogP contribution in [0.1, 0.15) is 31.9 Å². The normalized spacial score (nSPS) is 11.4. The van der Waals surface area contributed by atoms with E-state index < -0.39 is 0 Å². The van der Waals surface area contributed by atoms with Crippen LogP contribution in [0.15, 0.2) is 24.3 Å².